The Labute approximate surface area is 187 Å². The molecule has 0 aromatic carbocycles. The van der Waals surface area contributed by atoms with Crippen molar-refractivity contribution in [1.82, 2.24) is 4.57 Å². The Morgan fingerprint density at radius 1 is 0.571 bits per heavy atom. The lowest BCUT2D eigenvalue weighted by Gasteiger charge is -2.01. The maximum atomic E-state index is 2.38. The predicted molar refractivity (Wildman–Crippen MR) is 119 cm³/mol. The zero-order valence-electron chi connectivity index (χ0n) is 19.1. The Balaban J connectivity index is 0.00000729. The standard InChI is InChI=1S/C25H49N2.BrH/c1-3-5-7-9-11-13-15-17-19-21-26-23-24-27(25-26)22-20-18-16-14-12-10-8-6-4-2;/h23-25H,3-22H2,1-2H3;1H/q+1;/p-1. The highest BCUT2D eigenvalue weighted by molar-refractivity contribution is 4.66. The summed E-state index contributed by atoms with van der Waals surface area (Å²) < 4.78 is 4.77. The van der Waals surface area contributed by atoms with Crippen molar-refractivity contribution in [3.05, 3.63) is 18.7 Å². The van der Waals surface area contributed by atoms with Crippen LogP contribution in [0.4, 0.5) is 0 Å². The van der Waals surface area contributed by atoms with Gasteiger partial charge in [0.2, 0.25) is 6.33 Å². The average molecular weight is 458 g/mol. The molecule has 0 fully saturated rings. The fourth-order valence-electron chi connectivity index (χ4n) is 3.91. The van der Waals surface area contributed by atoms with E-state index in [1.165, 1.54) is 129 Å². The van der Waals surface area contributed by atoms with Gasteiger partial charge in [0, 0.05) is 0 Å². The first kappa shape index (κ1) is 27.7. The topological polar surface area (TPSA) is 8.81 Å². The summed E-state index contributed by atoms with van der Waals surface area (Å²) in [7, 11) is 0. The first-order valence-electron chi connectivity index (χ1n) is 12.4. The summed E-state index contributed by atoms with van der Waals surface area (Å²) in [5.41, 5.74) is 0. The zero-order chi connectivity index (χ0) is 19.4. The van der Waals surface area contributed by atoms with E-state index < -0.39 is 0 Å². The van der Waals surface area contributed by atoms with Crippen LogP contribution in [0, 0.1) is 0 Å². The summed E-state index contributed by atoms with van der Waals surface area (Å²) >= 11 is 0. The van der Waals surface area contributed by atoms with Crippen LogP contribution in [0.15, 0.2) is 18.7 Å². The molecule has 0 unspecified atom stereocenters. The predicted octanol–water partition coefficient (Wildman–Crippen LogP) is 4.84. The van der Waals surface area contributed by atoms with Crippen molar-refractivity contribution in [1.29, 1.82) is 0 Å². The van der Waals surface area contributed by atoms with Crippen LogP contribution in [0.25, 0.3) is 0 Å². The highest BCUT2D eigenvalue weighted by Crippen LogP contribution is 2.11. The molecule has 0 atom stereocenters. The number of unbranched alkanes of at least 4 members (excludes halogenated alkanes) is 16. The van der Waals surface area contributed by atoms with Gasteiger partial charge in [0.25, 0.3) is 0 Å². The van der Waals surface area contributed by atoms with E-state index in [9.17, 15) is 0 Å². The molecule has 0 amide bonds. The van der Waals surface area contributed by atoms with Crippen LogP contribution in [0.1, 0.15) is 129 Å². The van der Waals surface area contributed by atoms with Gasteiger partial charge in [-0.25, -0.2) is 9.13 Å². The summed E-state index contributed by atoms with van der Waals surface area (Å²) in [4.78, 5) is 0. The molecular formula is C25H49BrN2. The van der Waals surface area contributed by atoms with Crippen molar-refractivity contribution in [2.24, 2.45) is 0 Å². The number of halogens is 1. The third-order valence-electron chi connectivity index (χ3n) is 5.79. The zero-order valence-corrected chi connectivity index (χ0v) is 20.7. The van der Waals surface area contributed by atoms with E-state index in [-0.39, 0.29) is 17.0 Å². The summed E-state index contributed by atoms with van der Waals surface area (Å²) in [5, 5.41) is 0. The third-order valence-corrected chi connectivity index (χ3v) is 5.79. The third kappa shape index (κ3) is 16.6. The maximum absolute atomic E-state index is 2.38. The lowest BCUT2D eigenvalue weighted by atomic mass is 10.1. The van der Waals surface area contributed by atoms with Gasteiger partial charge in [-0.2, -0.15) is 0 Å². The SMILES string of the molecule is CCCCCCCCCCCn1cc[n+](CCCCCCCCCCC)c1.[Br-]. The van der Waals surface area contributed by atoms with Crippen LogP contribution in [-0.2, 0) is 13.1 Å². The van der Waals surface area contributed by atoms with Crippen LogP contribution in [0.2, 0.25) is 0 Å². The van der Waals surface area contributed by atoms with Crippen LogP contribution in [-0.4, -0.2) is 4.57 Å². The molecule has 1 heterocycles. The molecule has 0 radical (unpaired) electrons. The molecule has 3 heteroatoms. The summed E-state index contributed by atoms with van der Waals surface area (Å²) in [6.45, 7) is 6.98. The van der Waals surface area contributed by atoms with E-state index in [1.54, 1.807) is 0 Å². The second-order valence-corrected chi connectivity index (χ2v) is 8.55. The molecule has 0 aliphatic carbocycles. The van der Waals surface area contributed by atoms with Crippen LogP contribution in [0.3, 0.4) is 0 Å². The van der Waals surface area contributed by atoms with Crippen LogP contribution in [0.5, 0.6) is 0 Å². The van der Waals surface area contributed by atoms with Crippen molar-refractivity contribution in [3.8, 4) is 0 Å². The molecule has 0 aliphatic rings. The largest absolute Gasteiger partial charge is 1.00 e. The number of hydrogen-bond donors (Lipinski definition) is 0. The maximum Gasteiger partial charge on any atom is 0.243 e. The van der Waals surface area contributed by atoms with E-state index in [0.29, 0.717) is 0 Å². The van der Waals surface area contributed by atoms with E-state index in [0.717, 1.165) is 0 Å². The second-order valence-electron chi connectivity index (χ2n) is 8.55. The molecule has 0 saturated carbocycles. The molecule has 0 bridgehead atoms. The molecule has 1 aromatic heterocycles. The Morgan fingerprint density at radius 3 is 1.50 bits per heavy atom. The molecular weight excluding hydrogens is 408 g/mol. The number of hydrogen-bond acceptors (Lipinski definition) is 0. The van der Waals surface area contributed by atoms with Crippen molar-refractivity contribution in [2.45, 2.75) is 143 Å². The molecule has 0 aliphatic heterocycles. The van der Waals surface area contributed by atoms with Gasteiger partial charge in [-0.15, -0.1) is 0 Å². The first-order valence-corrected chi connectivity index (χ1v) is 12.4. The highest BCUT2D eigenvalue weighted by atomic mass is 79.9. The lowest BCUT2D eigenvalue weighted by molar-refractivity contribution is -0.696. The van der Waals surface area contributed by atoms with Gasteiger partial charge in [-0.3, -0.25) is 0 Å². The fraction of sp³-hybridized carbons (Fsp3) is 0.880. The van der Waals surface area contributed by atoms with Gasteiger partial charge in [-0.1, -0.05) is 104 Å². The summed E-state index contributed by atoms with van der Waals surface area (Å²) in [6, 6.07) is 0. The van der Waals surface area contributed by atoms with E-state index in [1.807, 2.05) is 0 Å². The molecule has 0 saturated heterocycles. The molecule has 1 rings (SSSR count). The van der Waals surface area contributed by atoms with Crippen molar-refractivity contribution < 1.29 is 21.5 Å². The van der Waals surface area contributed by atoms with Gasteiger partial charge in [0.15, 0.2) is 0 Å². The minimum Gasteiger partial charge on any atom is -1.00 e. The van der Waals surface area contributed by atoms with Crippen molar-refractivity contribution >= 4 is 0 Å². The molecule has 28 heavy (non-hydrogen) atoms. The Morgan fingerprint density at radius 2 is 1.00 bits per heavy atom. The normalized spacial score (nSPS) is 10.9. The minimum atomic E-state index is 0. The van der Waals surface area contributed by atoms with Gasteiger partial charge in [0.1, 0.15) is 12.4 Å². The Bertz CT molecular complexity index is 380. The number of rotatable bonds is 20. The van der Waals surface area contributed by atoms with Crippen LogP contribution < -0.4 is 21.5 Å². The molecule has 2 nitrogen and oxygen atoms in total. The Kier molecular flexibility index (Phi) is 21.2. The van der Waals surface area contributed by atoms with Gasteiger partial charge < -0.3 is 17.0 Å². The van der Waals surface area contributed by atoms with Gasteiger partial charge in [-0.05, 0) is 25.7 Å². The number of aryl methyl sites for hydroxylation is 2. The quantitative estimate of drug-likeness (QED) is 0.196. The van der Waals surface area contributed by atoms with E-state index >= 15 is 0 Å². The van der Waals surface area contributed by atoms with Crippen molar-refractivity contribution in [2.75, 3.05) is 0 Å². The van der Waals surface area contributed by atoms with Crippen molar-refractivity contribution in [3.63, 3.8) is 0 Å². The second kappa shape index (κ2) is 21.4. The van der Waals surface area contributed by atoms with E-state index in [2.05, 4.69) is 41.7 Å². The summed E-state index contributed by atoms with van der Waals surface area (Å²) in [6.07, 6.45) is 32.3. The highest BCUT2D eigenvalue weighted by Gasteiger charge is 2.03. The Hall–Kier alpha value is -0.310. The number of aromatic nitrogens is 2. The average Bonchev–Trinajstić information content (AvgIpc) is 3.13. The number of imidazole rings is 1. The smallest absolute Gasteiger partial charge is 0.243 e. The van der Waals surface area contributed by atoms with E-state index in [4.69, 9.17) is 0 Å². The lowest BCUT2D eigenvalue weighted by Crippen LogP contribution is -3.00. The summed E-state index contributed by atoms with van der Waals surface area (Å²) in [5.74, 6) is 0. The molecule has 0 spiro atoms. The first-order chi connectivity index (χ1) is 13.4. The monoisotopic (exact) mass is 456 g/mol. The minimum absolute atomic E-state index is 0. The number of nitrogens with zero attached hydrogens (tertiary/aromatic N) is 2. The molecule has 166 valence electrons. The van der Waals surface area contributed by atoms with Gasteiger partial charge in [0.05, 0.1) is 13.1 Å². The van der Waals surface area contributed by atoms with Crippen LogP contribution >= 0.6 is 0 Å². The molecule has 0 N–H and O–H groups in total. The van der Waals surface area contributed by atoms with Gasteiger partial charge >= 0.3 is 0 Å². The molecule has 1 aromatic rings. The fourth-order valence-corrected chi connectivity index (χ4v) is 3.91.